The van der Waals surface area contributed by atoms with Crippen molar-refractivity contribution >= 4 is 22.6 Å². The van der Waals surface area contributed by atoms with Gasteiger partial charge >= 0.3 is 6.03 Å². The molecule has 3 rings (SSSR count). The molecule has 0 spiro atoms. The van der Waals surface area contributed by atoms with Crippen molar-refractivity contribution in [2.45, 2.75) is 6.54 Å². The third kappa shape index (κ3) is 3.38. The number of nitrogens with zero attached hydrogens (tertiary/aromatic N) is 1. The quantitative estimate of drug-likeness (QED) is 0.774. The average Bonchev–Trinajstić information content (AvgIpc) is 2.53. The van der Waals surface area contributed by atoms with E-state index >= 15 is 0 Å². The van der Waals surface area contributed by atoms with Gasteiger partial charge in [-0.1, -0.05) is 18.2 Å². The Labute approximate surface area is 127 Å². The van der Waals surface area contributed by atoms with Crippen LogP contribution in [0.5, 0.6) is 0 Å². The van der Waals surface area contributed by atoms with Crippen molar-refractivity contribution in [1.82, 2.24) is 10.3 Å². The lowest BCUT2D eigenvalue weighted by Crippen LogP contribution is -2.28. The van der Waals surface area contributed by atoms with E-state index < -0.39 is 0 Å². The Morgan fingerprint density at radius 1 is 1.09 bits per heavy atom. The maximum Gasteiger partial charge on any atom is 0.319 e. The number of halogens is 1. The molecule has 0 fully saturated rings. The summed E-state index contributed by atoms with van der Waals surface area (Å²) in [5.41, 5.74) is 2.30. The van der Waals surface area contributed by atoms with Crippen LogP contribution in [0.25, 0.3) is 10.9 Å². The van der Waals surface area contributed by atoms with Crippen LogP contribution in [0.15, 0.2) is 60.8 Å². The molecule has 1 heterocycles. The number of pyridine rings is 1. The Morgan fingerprint density at radius 3 is 2.86 bits per heavy atom. The summed E-state index contributed by atoms with van der Waals surface area (Å²) in [7, 11) is 0. The second-order valence-electron chi connectivity index (χ2n) is 4.85. The van der Waals surface area contributed by atoms with Gasteiger partial charge in [0.15, 0.2) is 0 Å². The summed E-state index contributed by atoms with van der Waals surface area (Å²) in [5, 5.41) is 6.35. The zero-order chi connectivity index (χ0) is 15.4. The van der Waals surface area contributed by atoms with Crippen LogP contribution in [0.2, 0.25) is 0 Å². The van der Waals surface area contributed by atoms with Crippen LogP contribution in [-0.2, 0) is 6.54 Å². The van der Waals surface area contributed by atoms with E-state index in [-0.39, 0.29) is 11.8 Å². The summed E-state index contributed by atoms with van der Waals surface area (Å²) in [6.45, 7) is 0.381. The van der Waals surface area contributed by atoms with Crippen molar-refractivity contribution in [3.05, 3.63) is 72.2 Å². The first-order chi connectivity index (χ1) is 10.7. The second kappa shape index (κ2) is 6.22. The molecule has 4 nitrogen and oxygen atoms in total. The van der Waals surface area contributed by atoms with Crippen molar-refractivity contribution in [3.63, 3.8) is 0 Å². The average molecular weight is 295 g/mol. The standard InChI is InChI=1S/C17H14FN3O/c18-14-4-1-5-15(10-14)21-17(22)20-11-12-6-7-16-13(9-12)3-2-8-19-16/h1-10H,11H2,(H2,20,21,22). The van der Waals surface area contributed by atoms with Gasteiger partial charge in [-0.15, -0.1) is 0 Å². The van der Waals surface area contributed by atoms with Gasteiger partial charge < -0.3 is 10.6 Å². The van der Waals surface area contributed by atoms with E-state index in [0.29, 0.717) is 12.2 Å². The third-order valence-electron chi connectivity index (χ3n) is 3.20. The number of fused-ring (bicyclic) bond motifs is 1. The molecule has 0 saturated heterocycles. The van der Waals surface area contributed by atoms with E-state index in [1.807, 2.05) is 30.3 Å². The van der Waals surface area contributed by atoms with Crippen LogP contribution in [0.3, 0.4) is 0 Å². The number of rotatable bonds is 3. The van der Waals surface area contributed by atoms with Crippen LogP contribution in [0, 0.1) is 5.82 Å². The van der Waals surface area contributed by atoms with Crippen molar-refractivity contribution in [3.8, 4) is 0 Å². The monoisotopic (exact) mass is 295 g/mol. The van der Waals surface area contributed by atoms with Gasteiger partial charge in [-0.25, -0.2) is 9.18 Å². The number of hydrogen-bond donors (Lipinski definition) is 2. The Morgan fingerprint density at radius 2 is 2.00 bits per heavy atom. The van der Waals surface area contributed by atoms with Crippen LogP contribution in [0.1, 0.15) is 5.56 Å². The number of nitrogens with one attached hydrogen (secondary N) is 2. The number of hydrogen-bond acceptors (Lipinski definition) is 2. The minimum Gasteiger partial charge on any atom is -0.334 e. The van der Waals surface area contributed by atoms with E-state index in [1.165, 1.54) is 12.1 Å². The molecule has 2 N–H and O–H groups in total. The molecule has 3 aromatic rings. The molecule has 2 aromatic carbocycles. The van der Waals surface area contributed by atoms with Crippen LogP contribution >= 0.6 is 0 Å². The molecule has 5 heteroatoms. The molecule has 2 amide bonds. The Bertz CT molecular complexity index is 820. The largest absolute Gasteiger partial charge is 0.334 e. The number of anilines is 1. The molecule has 0 aliphatic rings. The van der Waals surface area contributed by atoms with Gasteiger partial charge in [-0.2, -0.15) is 0 Å². The van der Waals surface area contributed by atoms with Gasteiger partial charge in [0.25, 0.3) is 0 Å². The lowest BCUT2D eigenvalue weighted by molar-refractivity contribution is 0.251. The topological polar surface area (TPSA) is 54.0 Å². The van der Waals surface area contributed by atoms with E-state index in [1.54, 1.807) is 18.3 Å². The fraction of sp³-hybridized carbons (Fsp3) is 0.0588. The first-order valence-corrected chi connectivity index (χ1v) is 6.85. The lowest BCUT2D eigenvalue weighted by Gasteiger charge is -2.08. The van der Waals surface area contributed by atoms with Gasteiger partial charge in [0, 0.05) is 23.8 Å². The number of carbonyl (C=O) groups excluding carboxylic acids is 1. The molecule has 0 unspecified atom stereocenters. The summed E-state index contributed by atoms with van der Waals surface area (Å²) >= 11 is 0. The second-order valence-corrected chi connectivity index (χ2v) is 4.85. The smallest absolute Gasteiger partial charge is 0.319 e. The molecule has 0 radical (unpaired) electrons. The van der Waals surface area contributed by atoms with Gasteiger partial charge in [0.2, 0.25) is 0 Å². The first kappa shape index (κ1) is 14.0. The summed E-state index contributed by atoms with van der Waals surface area (Å²) in [6, 6.07) is 15.0. The van der Waals surface area contributed by atoms with Crippen molar-refractivity contribution < 1.29 is 9.18 Å². The number of benzene rings is 2. The lowest BCUT2D eigenvalue weighted by atomic mass is 10.1. The molecular formula is C17H14FN3O. The fourth-order valence-electron chi connectivity index (χ4n) is 2.16. The normalized spacial score (nSPS) is 10.4. The SMILES string of the molecule is O=C(NCc1ccc2ncccc2c1)Nc1cccc(F)c1. The predicted molar refractivity (Wildman–Crippen MR) is 84.0 cm³/mol. The summed E-state index contributed by atoms with van der Waals surface area (Å²) in [4.78, 5) is 16.1. The van der Waals surface area contributed by atoms with E-state index in [4.69, 9.17) is 0 Å². The first-order valence-electron chi connectivity index (χ1n) is 6.85. The minimum atomic E-state index is -0.389. The van der Waals surface area contributed by atoms with E-state index in [9.17, 15) is 9.18 Å². The van der Waals surface area contributed by atoms with Gasteiger partial charge in [0.05, 0.1) is 5.52 Å². The van der Waals surface area contributed by atoms with Gasteiger partial charge in [0.1, 0.15) is 5.82 Å². The fourth-order valence-corrected chi connectivity index (χ4v) is 2.16. The molecule has 0 saturated carbocycles. The third-order valence-corrected chi connectivity index (χ3v) is 3.20. The number of amides is 2. The zero-order valence-corrected chi connectivity index (χ0v) is 11.7. The van der Waals surface area contributed by atoms with Crippen LogP contribution in [0.4, 0.5) is 14.9 Å². The van der Waals surface area contributed by atoms with E-state index in [2.05, 4.69) is 15.6 Å². The molecule has 0 aliphatic carbocycles. The van der Waals surface area contributed by atoms with Crippen molar-refractivity contribution in [2.75, 3.05) is 5.32 Å². The molecular weight excluding hydrogens is 281 g/mol. The van der Waals surface area contributed by atoms with E-state index in [0.717, 1.165) is 16.5 Å². The number of urea groups is 1. The molecule has 110 valence electrons. The Kier molecular flexibility index (Phi) is 3.96. The minimum absolute atomic E-state index is 0.378. The highest BCUT2D eigenvalue weighted by Gasteiger charge is 2.03. The number of aromatic nitrogens is 1. The maximum absolute atomic E-state index is 13.0. The molecule has 22 heavy (non-hydrogen) atoms. The maximum atomic E-state index is 13.0. The summed E-state index contributed by atoms with van der Waals surface area (Å²) in [6.07, 6.45) is 1.74. The highest BCUT2D eigenvalue weighted by molar-refractivity contribution is 5.89. The van der Waals surface area contributed by atoms with Gasteiger partial charge in [-0.05, 0) is 42.0 Å². The Hall–Kier alpha value is -2.95. The van der Waals surface area contributed by atoms with Crippen LogP contribution < -0.4 is 10.6 Å². The highest BCUT2D eigenvalue weighted by Crippen LogP contribution is 2.13. The molecule has 0 atom stereocenters. The molecule has 1 aromatic heterocycles. The predicted octanol–water partition coefficient (Wildman–Crippen LogP) is 3.70. The summed E-state index contributed by atoms with van der Waals surface area (Å²) < 4.78 is 13.0. The molecule has 0 aliphatic heterocycles. The van der Waals surface area contributed by atoms with Crippen molar-refractivity contribution in [2.24, 2.45) is 0 Å². The highest BCUT2D eigenvalue weighted by atomic mass is 19.1. The van der Waals surface area contributed by atoms with Gasteiger partial charge in [-0.3, -0.25) is 4.98 Å². The number of carbonyl (C=O) groups is 1. The summed E-state index contributed by atoms with van der Waals surface area (Å²) in [5.74, 6) is -0.389. The molecule has 0 bridgehead atoms. The zero-order valence-electron chi connectivity index (χ0n) is 11.7. The Balaban J connectivity index is 1.62. The van der Waals surface area contributed by atoms with Crippen LogP contribution in [-0.4, -0.2) is 11.0 Å². The van der Waals surface area contributed by atoms with Crippen molar-refractivity contribution in [1.29, 1.82) is 0 Å².